The Hall–Kier alpha value is -5.38. The molecule has 4 heterocycles. The minimum atomic E-state index is -4.02. The van der Waals surface area contributed by atoms with Gasteiger partial charge in [-0.25, -0.2) is 17.8 Å². The molecule has 4 aromatic rings. The summed E-state index contributed by atoms with van der Waals surface area (Å²) in [5, 5.41) is 11.4. The van der Waals surface area contributed by atoms with Crippen LogP contribution in [-0.2, 0) is 24.4 Å². The molecule has 0 spiro atoms. The van der Waals surface area contributed by atoms with Crippen molar-refractivity contribution in [2.24, 2.45) is 5.92 Å². The zero-order chi connectivity index (χ0) is 39.4. The number of ether oxygens (including phenoxy) is 1. The van der Waals surface area contributed by atoms with Crippen LogP contribution in [0.3, 0.4) is 0 Å². The molecule has 2 aromatic heterocycles. The number of halogens is 1. The van der Waals surface area contributed by atoms with E-state index in [1.54, 1.807) is 26.0 Å². The van der Waals surface area contributed by atoms with Crippen molar-refractivity contribution in [3.63, 3.8) is 0 Å². The van der Waals surface area contributed by atoms with Gasteiger partial charge >= 0.3 is 0 Å². The summed E-state index contributed by atoms with van der Waals surface area (Å²) < 4.78 is 53.7. The van der Waals surface area contributed by atoms with E-state index in [0.717, 1.165) is 18.2 Å². The van der Waals surface area contributed by atoms with Crippen LogP contribution in [0.15, 0.2) is 65.2 Å². The molecule has 8 rings (SSSR count). The number of rotatable bonds is 7. The van der Waals surface area contributed by atoms with E-state index < -0.39 is 73.9 Å². The molecule has 2 aromatic carbocycles. The fourth-order valence-corrected chi connectivity index (χ4v) is 9.11. The number of allylic oxidation sites excluding steroid dienone is 1. The zero-order valence-electron chi connectivity index (χ0n) is 31.0. The van der Waals surface area contributed by atoms with Crippen molar-refractivity contribution in [3.05, 3.63) is 78.0 Å². The van der Waals surface area contributed by atoms with Crippen LogP contribution in [-0.4, -0.2) is 82.1 Å². The number of aromatic nitrogens is 2. The normalized spacial score (nSPS) is 26.9. The summed E-state index contributed by atoms with van der Waals surface area (Å²) >= 11 is 0. The summed E-state index contributed by atoms with van der Waals surface area (Å²) in [5.74, 6) is -3.12. The lowest BCUT2D eigenvalue weighted by atomic mass is 10.0. The number of carbonyl (C=O) groups is 4. The third-order valence-corrected chi connectivity index (χ3v) is 13.7. The molecule has 56 heavy (non-hydrogen) atoms. The maximum absolute atomic E-state index is 14.7. The van der Waals surface area contributed by atoms with Crippen molar-refractivity contribution < 1.29 is 41.2 Å². The fourth-order valence-electron chi connectivity index (χ4n) is 7.80. The van der Waals surface area contributed by atoms with Crippen molar-refractivity contribution in [1.82, 2.24) is 30.4 Å². The monoisotopic (exact) mass is 786 g/mol. The second-order valence-corrected chi connectivity index (χ2v) is 17.9. The second kappa shape index (κ2) is 14.3. The highest BCUT2D eigenvalue weighted by Crippen LogP contribution is 2.47. The number of benzene rings is 2. The Kier molecular flexibility index (Phi) is 9.58. The lowest BCUT2D eigenvalue weighted by Gasteiger charge is -2.30. The fraction of sp³-hybridized carbons (Fsp3) is 0.450. The van der Waals surface area contributed by atoms with Crippen LogP contribution in [0.4, 0.5) is 4.39 Å². The lowest BCUT2D eigenvalue weighted by Crippen LogP contribution is -2.58. The average Bonchev–Trinajstić information content (AvgIpc) is 3.97. The molecule has 5 atom stereocenters. The topological polar surface area (TPSA) is 190 Å². The van der Waals surface area contributed by atoms with Gasteiger partial charge < -0.3 is 24.8 Å². The van der Waals surface area contributed by atoms with E-state index in [0.29, 0.717) is 47.7 Å². The largest absolute Gasteiger partial charge is 0.472 e. The molecule has 1 saturated heterocycles. The predicted octanol–water partition coefficient (Wildman–Crippen LogP) is 4.36. The summed E-state index contributed by atoms with van der Waals surface area (Å²) in [6.07, 6.45) is 6.90. The molecule has 2 saturated carbocycles. The van der Waals surface area contributed by atoms with Gasteiger partial charge in [0, 0.05) is 29.2 Å². The minimum Gasteiger partial charge on any atom is -0.472 e. The molecular weight excluding hydrogens is 744 g/mol. The van der Waals surface area contributed by atoms with Gasteiger partial charge in [0.05, 0.1) is 16.8 Å². The molecule has 14 nitrogen and oxygen atoms in total. The lowest BCUT2D eigenvalue weighted by molar-refractivity contribution is -0.141. The van der Waals surface area contributed by atoms with E-state index in [1.165, 1.54) is 23.1 Å². The number of amides is 4. The van der Waals surface area contributed by atoms with E-state index >= 15 is 0 Å². The van der Waals surface area contributed by atoms with Crippen LogP contribution in [0.25, 0.3) is 21.7 Å². The van der Waals surface area contributed by atoms with Crippen LogP contribution < -0.4 is 20.1 Å². The molecule has 0 bridgehead atoms. The molecule has 0 unspecified atom stereocenters. The Morgan fingerprint density at radius 2 is 1.86 bits per heavy atom. The highest BCUT2D eigenvalue weighted by Gasteiger charge is 2.63. The van der Waals surface area contributed by atoms with Crippen LogP contribution in [0.1, 0.15) is 81.0 Å². The number of aryl methyl sites for hydroxylation is 1. The van der Waals surface area contributed by atoms with Gasteiger partial charge in [-0.05, 0) is 76.0 Å². The number of sulfonamides is 1. The molecule has 4 amide bonds. The zero-order valence-corrected chi connectivity index (χ0v) is 31.9. The van der Waals surface area contributed by atoms with Gasteiger partial charge in [-0.1, -0.05) is 54.4 Å². The Bertz CT molecular complexity index is 2400. The van der Waals surface area contributed by atoms with E-state index in [-0.39, 0.29) is 37.4 Å². The van der Waals surface area contributed by atoms with E-state index in [9.17, 15) is 32.0 Å². The van der Waals surface area contributed by atoms with Gasteiger partial charge in [0.1, 0.15) is 35.3 Å². The first-order valence-electron chi connectivity index (χ1n) is 19.0. The van der Waals surface area contributed by atoms with E-state index in [2.05, 4.69) is 20.5 Å². The van der Waals surface area contributed by atoms with Crippen molar-refractivity contribution in [2.75, 3.05) is 6.54 Å². The SMILES string of the molecule is Cc1cc(C(=O)N[C@H]2CCCCC/C=C\[C@@H]3C[C@@]3(C(=O)NS(=O)(=O)C3(C)CC3)NC(=O)[C@@H]3C[C@@H](Oc4nc5ccccc5c5ccc(F)cc45)CN3C2=O)no1. The average molecular weight is 787 g/mol. The molecule has 3 N–H and O–H groups in total. The number of fused-ring (bicyclic) bond motifs is 5. The van der Waals surface area contributed by atoms with Gasteiger partial charge in [0.15, 0.2) is 5.69 Å². The third-order valence-electron chi connectivity index (χ3n) is 11.5. The second-order valence-electron chi connectivity index (χ2n) is 15.7. The highest BCUT2D eigenvalue weighted by atomic mass is 32.2. The van der Waals surface area contributed by atoms with Crippen LogP contribution in [0.2, 0.25) is 0 Å². The first kappa shape index (κ1) is 37.5. The summed E-state index contributed by atoms with van der Waals surface area (Å²) in [5.41, 5.74) is -0.964. The number of pyridine rings is 1. The quantitative estimate of drug-likeness (QED) is 0.179. The molecule has 0 radical (unpaired) electrons. The van der Waals surface area contributed by atoms with Crippen molar-refractivity contribution >= 4 is 55.3 Å². The van der Waals surface area contributed by atoms with Crippen LogP contribution in [0.5, 0.6) is 5.88 Å². The Labute approximate surface area is 322 Å². The molecule has 4 aliphatic rings. The van der Waals surface area contributed by atoms with E-state index in [1.807, 2.05) is 30.4 Å². The van der Waals surface area contributed by atoms with E-state index in [4.69, 9.17) is 14.2 Å². The maximum Gasteiger partial charge on any atom is 0.274 e. The number of carbonyl (C=O) groups excluding carboxylic acids is 4. The Balaban J connectivity index is 1.13. The van der Waals surface area contributed by atoms with Gasteiger partial charge in [0.25, 0.3) is 11.8 Å². The molecule has 294 valence electrons. The highest BCUT2D eigenvalue weighted by molar-refractivity contribution is 7.91. The summed E-state index contributed by atoms with van der Waals surface area (Å²) in [4.78, 5) is 62.4. The molecular formula is C40H43FN6O8S. The van der Waals surface area contributed by atoms with Gasteiger partial charge in [-0.2, -0.15) is 0 Å². The number of nitrogens with zero attached hydrogens (tertiary/aromatic N) is 3. The number of hydrogen-bond acceptors (Lipinski definition) is 10. The van der Waals surface area contributed by atoms with Gasteiger partial charge in [-0.15, -0.1) is 0 Å². The number of para-hydroxylation sites is 1. The van der Waals surface area contributed by atoms with Gasteiger partial charge in [-0.3, -0.25) is 23.9 Å². The number of hydrogen-bond donors (Lipinski definition) is 3. The molecule has 3 fully saturated rings. The summed E-state index contributed by atoms with van der Waals surface area (Å²) in [7, 11) is -4.02. The smallest absolute Gasteiger partial charge is 0.274 e. The van der Waals surface area contributed by atoms with Crippen molar-refractivity contribution in [2.45, 2.75) is 100 Å². The standard InChI is InChI=1S/C40H43FN6O8S/c1-23-18-32(45-55-23)34(48)42-31-13-7-5-3-4-6-10-24-21-40(24,38(51)46-56(52,53)39(2)16-17-39)44-35(49)33-20-26(22-47(33)37(31)50)54-36-29-19-25(41)14-15-27(29)28-11-8-9-12-30(28)43-36/h6,8-12,14-15,18-19,24,26,31,33H,3-5,7,13,16-17,20-22H2,1-2H3,(H,42,48)(H,44,49)(H,46,51)/b10-6-/t24-,26-,31+,33+,40-/m1/s1. The first-order chi connectivity index (χ1) is 26.8. The van der Waals surface area contributed by atoms with Crippen LogP contribution in [0, 0.1) is 18.7 Å². The third kappa shape index (κ3) is 7.10. The Morgan fingerprint density at radius 1 is 1.05 bits per heavy atom. The molecule has 2 aliphatic heterocycles. The van der Waals surface area contributed by atoms with Crippen molar-refractivity contribution in [1.29, 1.82) is 0 Å². The van der Waals surface area contributed by atoms with Crippen LogP contribution >= 0.6 is 0 Å². The predicted molar refractivity (Wildman–Crippen MR) is 202 cm³/mol. The first-order valence-corrected chi connectivity index (χ1v) is 20.5. The maximum atomic E-state index is 14.7. The van der Waals surface area contributed by atoms with Gasteiger partial charge in [0.2, 0.25) is 27.7 Å². The van der Waals surface area contributed by atoms with Crippen molar-refractivity contribution in [3.8, 4) is 5.88 Å². The molecule has 2 aliphatic carbocycles. The summed E-state index contributed by atoms with van der Waals surface area (Å²) in [6.45, 7) is 3.11. The minimum absolute atomic E-state index is 0.00233. The summed E-state index contributed by atoms with van der Waals surface area (Å²) in [6, 6.07) is 10.9. The molecule has 16 heteroatoms. The number of nitrogens with one attached hydrogen (secondary N) is 3. The Morgan fingerprint density at radius 3 is 2.62 bits per heavy atom.